The van der Waals surface area contributed by atoms with E-state index in [0.717, 1.165) is 0 Å². The van der Waals surface area contributed by atoms with E-state index in [1.807, 2.05) is 0 Å². The average Bonchev–Trinajstić information content (AvgIpc) is 3.84. The number of nitrogens with zero attached hydrogens (tertiary/aromatic N) is 2. The van der Waals surface area contributed by atoms with Gasteiger partial charge >= 0.3 is 0 Å². The minimum absolute atomic E-state index is 0.181. The highest BCUT2D eigenvalue weighted by Crippen LogP contribution is 2.71. The van der Waals surface area contributed by atoms with Crippen molar-refractivity contribution in [1.29, 1.82) is 0 Å². The fraction of sp³-hybridized carbons (Fsp3) is 0.143. The molecule has 0 amide bonds. The van der Waals surface area contributed by atoms with Gasteiger partial charge in [0.1, 0.15) is 0 Å². The SMILES string of the molecule is c1ccc(-c2ccc3c4c2C2CCCC2C42c4cccc5c6ccccc6n(c45)-c4ccc5c6ccccc6n-3c5c42)cc1. The molecule has 6 aromatic carbocycles. The first-order valence-electron chi connectivity index (χ1n) is 16.2. The van der Waals surface area contributed by atoms with Crippen LogP contribution in [0.15, 0.2) is 121 Å². The number of fused-ring (bicyclic) bond motifs is 10. The zero-order valence-electron chi connectivity index (χ0n) is 24.2. The molecule has 12 rings (SSSR count). The normalized spacial score (nSPS) is 21.9. The molecule has 8 aromatic rings. The summed E-state index contributed by atoms with van der Waals surface area (Å²) in [6.07, 6.45) is 3.82. The van der Waals surface area contributed by atoms with Crippen molar-refractivity contribution >= 4 is 43.6 Å². The van der Waals surface area contributed by atoms with E-state index in [1.165, 1.54) is 90.9 Å². The Hall–Kier alpha value is -5.08. The van der Waals surface area contributed by atoms with E-state index < -0.39 is 0 Å². The van der Waals surface area contributed by atoms with Crippen LogP contribution in [0.3, 0.4) is 0 Å². The quantitative estimate of drug-likeness (QED) is 0.189. The number of benzene rings is 6. The van der Waals surface area contributed by atoms with Gasteiger partial charge in [-0.05, 0) is 76.8 Å². The molecule has 2 aliphatic heterocycles. The first-order chi connectivity index (χ1) is 21.9. The zero-order valence-corrected chi connectivity index (χ0v) is 24.2. The maximum Gasteiger partial charge on any atom is 0.0606 e. The van der Waals surface area contributed by atoms with Gasteiger partial charge in [-0.15, -0.1) is 0 Å². The summed E-state index contributed by atoms with van der Waals surface area (Å²) in [5, 5.41) is 5.47. The summed E-state index contributed by atoms with van der Waals surface area (Å²) in [5.41, 5.74) is 17.1. The van der Waals surface area contributed by atoms with E-state index in [1.54, 1.807) is 16.7 Å². The Labute approximate surface area is 254 Å². The molecule has 1 spiro atoms. The third kappa shape index (κ3) is 2.21. The van der Waals surface area contributed by atoms with Gasteiger partial charge in [0.25, 0.3) is 0 Å². The summed E-state index contributed by atoms with van der Waals surface area (Å²) in [5.74, 6) is 1.08. The Balaban J connectivity index is 1.40. The van der Waals surface area contributed by atoms with E-state index in [9.17, 15) is 0 Å². The summed E-state index contributed by atoms with van der Waals surface area (Å²) >= 11 is 0. The second kappa shape index (κ2) is 7.34. The molecule has 2 aliphatic carbocycles. The van der Waals surface area contributed by atoms with Crippen molar-refractivity contribution in [3.8, 4) is 22.5 Å². The molecule has 0 radical (unpaired) electrons. The van der Waals surface area contributed by atoms with Crippen molar-refractivity contribution < 1.29 is 0 Å². The Bertz CT molecular complexity index is 2600. The highest BCUT2D eigenvalue weighted by atomic mass is 15.1. The molecular formula is C42H28N2. The second-order valence-corrected chi connectivity index (χ2v) is 13.5. The lowest BCUT2D eigenvalue weighted by molar-refractivity contribution is 0.383. The van der Waals surface area contributed by atoms with Gasteiger partial charge in [-0.2, -0.15) is 0 Å². The lowest BCUT2D eigenvalue weighted by atomic mass is 9.60. The van der Waals surface area contributed by atoms with Gasteiger partial charge in [-0.1, -0.05) is 103 Å². The maximum atomic E-state index is 2.65. The second-order valence-electron chi connectivity index (χ2n) is 13.5. The van der Waals surface area contributed by atoms with Crippen LogP contribution < -0.4 is 0 Å². The lowest BCUT2D eigenvalue weighted by Crippen LogP contribution is -2.41. The van der Waals surface area contributed by atoms with Gasteiger partial charge in [-0.3, -0.25) is 0 Å². The van der Waals surface area contributed by atoms with Crippen LogP contribution in [0.5, 0.6) is 0 Å². The summed E-state index contributed by atoms with van der Waals surface area (Å²) in [6, 6.07) is 46.3. The first kappa shape index (κ1) is 22.5. The third-order valence-electron chi connectivity index (χ3n) is 12.0. The van der Waals surface area contributed by atoms with Crippen LogP contribution in [-0.2, 0) is 5.41 Å². The fourth-order valence-electron chi connectivity index (χ4n) is 10.7. The van der Waals surface area contributed by atoms with Crippen LogP contribution in [-0.4, -0.2) is 9.13 Å². The Morgan fingerprint density at radius 1 is 0.523 bits per heavy atom. The average molecular weight is 561 g/mol. The molecule has 4 heterocycles. The summed E-state index contributed by atoms with van der Waals surface area (Å²) in [7, 11) is 0. The number of rotatable bonds is 1. The van der Waals surface area contributed by atoms with Crippen LogP contribution in [0.4, 0.5) is 0 Å². The molecule has 44 heavy (non-hydrogen) atoms. The molecule has 0 saturated heterocycles. The molecule has 0 bridgehead atoms. The molecule has 3 unspecified atom stereocenters. The van der Waals surface area contributed by atoms with Crippen molar-refractivity contribution in [2.45, 2.75) is 30.6 Å². The molecular weight excluding hydrogens is 532 g/mol. The highest BCUT2D eigenvalue weighted by Gasteiger charge is 2.62. The van der Waals surface area contributed by atoms with Crippen LogP contribution in [0.25, 0.3) is 66.1 Å². The molecule has 2 heteroatoms. The standard InChI is InChI=1S/C42H28N2/c1-2-10-24(11-3-1)25-20-22-35-38-37(25)30-15-9-16-31(30)42(38)32-17-8-14-28-26-12-4-6-18-33(26)43(40(28)32)36-23-21-29-27-13-5-7-19-34(27)44(35)41(29)39(36)42/h1-8,10-14,17-23,30-31H,9,15-16H2. The molecule has 2 aromatic heterocycles. The molecule has 1 saturated carbocycles. The molecule has 3 atom stereocenters. The van der Waals surface area contributed by atoms with Gasteiger partial charge in [0, 0.05) is 27.1 Å². The Morgan fingerprint density at radius 2 is 1.18 bits per heavy atom. The summed E-state index contributed by atoms with van der Waals surface area (Å²) < 4.78 is 5.27. The van der Waals surface area contributed by atoms with Gasteiger partial charge in [0.05, 0.1) is 38.9 Å². The zero-order chi connectivity index (χ0) is 28.3. The number of hydrogen-bond acceptors (Lipinski definition) is 0. The van der Waals surface area contributed by atoms with Crippen LogP contribution in [0.2, 0.25) is 0 Å². The van der Waals surface area contributed by atoms with E-state index in [4.69, 9.17) is 0 Å². The van der Waals surface area contributed by atoms with Gasteiger partial charge in [-0.25, -0.2) is 0 Å². The predicted octanol–water partition coefficient (Wildman–Crippen LogP) is 10.4. The van der Waals surface area contributed by atoms with Crippen molar-refractivity contribution in [3.63, 3.8) is 0 Å². The molecule has 206 valence electrons. The molecule has 4 aliphatic rings. The first-order valence-corrected chi connectivity index (χ1v) is 16.2. The number of para-hydroxylation sites is 3. The van der Waals surface area contributed by atoms with Gasteiger partial charge < -0.3 is 9.13 Å². The van der Waals surface area contributed by atoms with Crippen molar-refractivity contribution in [1.82, 2.24) is 9.13 Å². The smallest absolute Gasteiger partial charge is 0.0606 e. The fourth-order valence-corrected chi connectivity index (χ4v) is 10.7. The Kier molecular flexibility index (Phi) is 3.75. The summed E-state index contributed by atoms with van der Waals surface area (Å²) in [4.78, 5) is 0. The van der Waals surface area contributed by atoms with Crippen molar-refractivity contribution in [2.24, 2.45) is 5.92 Å². The maximum absolute atomic E-state index is 2.65. The number of hydrogen-bond donors (Lipinski definition) is 0. The summed E-state index contributed by atoms with van der Waals surface area (Å²) in [6.45, 7) is 0. The van der Waals surface area contributed by atoms with E-state index in [2.05, 4.69) is 130 Å². The van der Waals surface area contributed by atoms with Crippen LogP contribution in [0, 0.1) is 5.92 Å². The van der Waals surface area contributed by atoms with Crippen molar-refractivity contribution in [2.75, 3.05) is 0 Å². The molecule has 2 nitrogen and oxygen atoms in total. The van der Waals surface area contributed by atoms with E-state index in [-0.39, 0.29) is 5.41 Å². The van der Waals surface area contributed by atoms with Gasteiger partial charge in [0.15, 0.2) is 0 Å². The molecule has 1 fully saturated rings. The van der Waals surface area contributed by atoms with Crippen LogP contribution in [0.1, 0.15) is 47.4 Å². The number of aromatic nitrogens is 2. The third-order valence-corrected chi connectivity index (χ3v) is 12.0. The largest absolute Gasteiger partial charge is 0.309 e. The minimum Gasteiger partial charge on any atom is -0.309 e. The highest BCUT2D eigenvalue weighted by molar-refractivity contribution is 6.17. The monoisotopic (exact) mass is 560 g/mol. The van der Waals surface area contributed by atoms with Crippen molar-refractivity contribution in [3.05, 3.63) is 144 Å². The van der Waals surface area contributed by atoms with E-state index >= 15 is 0 Å². The topological polar surface area (TPSA) is 9.86 Å². The predicted molar refractivity (Wildman–Crippen MR) is 181 cm³/mol. The lowest BCUT2D eigenvalue weighted by Gasteiger charge is -2.46. The van der Waals surface area contributed by atoms with E-state index in [0.29, 0.717) is 11.8 Å². The molecule has 0 N–H and O–H groups in total. The van der Waals surface area contributed by atoms with Gasteiger partial charge in [0.2, 0.25) is 0 Å². The minimum atomic E-state index is -0.181. The Morgan fingerprint density at radius 3 is 2.00 bits per heavy atom. The van der Waals surface area contributed by atoms with Crippen LogP contribution >= 0.6 is 0 Å².